The summed E-state index contributed by atoms with van der Waals surface area (Å²) in [7, 11) is 0. The predicted octanol–water partition coefficient (Wildman–Crippen LogP) is 7.82. The van der Waals surface area contributed by atoms with E-state index in [1.807, 2.05) is 30.3 Å². The maximum Gasteiger partial charge on any atom is 0.261 e. The van der Waals surface area contributed by atoms with E-state index in [1.54, 1.807) is 24.3 Å². The molecule has 0 bridgehead atoms. The second-order valence-corrected chi connectivity index (χ2v) is 12.0. The number of ether oxygens (including phenoxy) is 3. The summed E-state index contributed by atoms with van der Waals surface area (Å²) >= 11 is 0. The van der Waals surface area contributed by atoms with Crippen LogP contribution in [0.1, 0.15) is 66.8 Å². The van der Waals surface area contributed by atoms with Crippen molar-refractivity contribution in [2.24, 2.45) is 0 Å². The lowest BCUT2D eigenvalue weighted by atomic mass is 9.69. The molecule has 2 atom stereocenters. The van der Waals surface area contributed by atoms with E-state index in [9.17, 15) is 9.59 Å². The fourth-order valence-electron chi connectivity index (χ4n) is 6.79. The Balaban J connectivity index is 0.975. The highest BCUT2D eigenvalue weighted by molar-refractivity contribution is 6.21. The molecule has 236 valence electrons. The van der Waals surface area contributed by atoms with Crippen molar-refractivity contribution in [1.82, 2.24) is 4.90 Å². The van der Waals surface area contributed by atoms with Crippen molar-refractivity contribution in [2.75, 3.05) is 26.4 Å². The number of fused-ring (bicyclic) bond motifs is 2. The molecule has 5 aromatic rings. The van der Waals surface area contributed by atoms with Gasteiger partial charge in [0.25, 0.3) is 11.8 Å². The van der Waals surface area contributed by atoms with Gasteiger partial charge in [-0.05, 0) is 83.0 Å². The van der Waals surface area contributed by atoms with Crippen molar-refractivity contribution >= 4 is 11.8 Å². The summed E-state index contributed by atoms with van der Waals surface area (Å²) in [5.41, 5.74) is 7.35. The van der Waals surface area contributed by atoms with Gasteiger partial charge < -0.3 is 14.2 Å². The lowest BCUT2D eigenvalue weighted by Gasteiger charge is -2.35. The van der Waals surface area contributed by atoms with Crippen LogP contribution in [0, 0.1) is 0 Å². The molecule has 0 fully saturated rings. The van der Waals surface area contributed by atoms with Crippen LogP contribution < -0.4 is 9.47 Å². The average Bonchev–Trinajstić information content (AvgIpc) is 3.37. The third kappa shape index (κ3) is 6.69. The van der Waals surface area contributed by atoms with Gasteiger partial charge in [-0.3, -0.25) is 14.5 Å². The number of aryl methyl sites for hydroxylation is 1. The Morgan fingerprint density at radius 3 is 2.00 bits per heavy atom. The Hall–Kier alpha value is -5.20. The minimum atomic E-state index is -0.266. The summed E-state index contributed by atoms with van der Waals surface area (Å²) in [5.74, 6) is 1.72. The fraction of sp³-hybridized carbons (Fsp3) is 0.220. The second kappa shape index (κ2) is 14.1. The molecule has 2 aliphatic rings. The van der Waals surface area contributed by atoms with E-state index in [4.69, 9.17) is 14.2 Å². The molecule has 1 aliphatic heterocycles. The highest BCUT2D eigenvalue weighted by Crippen LogP contribution is 2.47. The molecule has 6 nitrogen and oxygen atoms in total. The second-order valence-electron chi connectivity index (χ2n) is 12.0. The lowest BCUT2D eigenvalue weighted by Crippen LogP contribution is -2.33. The van der Waals surface area contributed by atoms with Gasteiger partial charge in [-0.1, -0.05) is 91.0 Å². The number of benzene rings is 5. The van der Waals surface area contributed by atoms with Crippen LogP contribution >= 0.6 is 0 Å². The van der Waals surface area contributed by atoms with E-state index in [0.29, 0.717) is 36.9 Å². The SMILES string of the molecule is O=C1c2ccccc2C(=O)N1CCOCCOc1ccc([C@@H]2c3ccc(OCc4ccccc4)cc3CC[C@@H]2c2ccccc2)cc1. The van der Waals surface area contributed by atoms with Gasteiger partial charge in [-0.2, -0.15) is 0 Å². The van der Waals surface area contributed by atoms with Gasteiger partial charge in [0.15, 0.2) is 0 Å². The summed E-state index contributed by atoms with van der Waals surface area (Å²) in [5, 5.41) is 0. The van der Waals surface area contributed by atoms with Crippen LogP contribution in [0.15, 0.2) is 127 Å². The molecular weight excluding hydrogens is 586 g/mol. The molecule has 6 heteroatoms. The molecule has 0 N–H and O–H groups in total. The average molecular weight is 624 g/mol. The van der Waals surface area contributed by atoms with E-state index in [1.165, 1.54) is 27.2 Å². The van der Waals surface area contributed by atoms with Gasteiger partial charge in [0, 0.05) is 5.92 Å². The first-order chi connectivity index (χ1) is 23.2. The molecule has 0 saturated heterocycles. The molecule has 0 aromatic heterocycles. The van der Waals surface area contributed by atoms with Crippen LogP contribution in [0.5, 0.6) is 11.5 Å². The first kappa shape index (κ1) is 30.5. The number of imide groups is 1. The van der Waals surface area contributed by atoms with Crippen molar-refractivity contribution in [3.63, 3.8) is 0 Å². The van der Waals surface area contributed by atoms with Crippen LogP contribution in [-0.4, -0.2) is 43.1 Å². The fourth-order valence-corrected chi connectivity index (χ4v) is 6.79. The van der Waals surface area contributed by atoms with Gasteiger partial charge in [0.1, 0.15) is 24.7 Å². The Labute approximate surface area is 275 Å². The first-order valence-electron chi connectivity index (χ1n) is 16.3. The Kier molecular flexibility index (Phi) is 9.11. The number of amides is 2. The Morgan fingerprint density at radius 1 is 0.617 bits per heavy atom. The molecule has 0 unspecified atom stereocenters. The number of hydrogen-bond donors (Lipinski definition) is 0. The van der Waals surface area contributed by atoms with Crippen LogP contribution in [-0.2, 0) is 17.8 Å². The molecule has 5 aromatic carbocycles. The molecule has 7 rings (SSSR count). The minimum absolute atomic E-state index is 0.212. The first-order valence-corrected chi connectivity index (χ1v) is 16.3. The zero-order valence-electron chi connectivity index (χ0n) is 26.2. The molecule has 0 saturated carbocycles. The summed E-state index contributed by atoms with van der Waals surface area (Å²) in [6.07, 6.45) is 2.06. The molecule has 1 heterocycles. The number of rotatable bonds is 12. The quantitative estimate of drug-likeness (QED) is 0.105. The van der Waals surface area contributed by atoms with Gasteiger partial charge in [-0.15, -0.1) is 0 Å². The van der Waals surface area contributed by atoms with Crippen LogP contribution in [0.2, 0.25) is 0 Å². The van der Waals surface area contributed by atoms with Gasteiger partial charge in [0.2, 0.25) is 0 Å². The van der Waals surface area contributed by atoms with E-state index >= 15 is 0 Å². The van der Waals surface area contributed by atoms with Gasteiger partial charge in [0.05, 0.1) is 30.9 Å². The highest BCUT2D eigenvalue weighted by atomic mass is 16.5. The number of nitrogens with zero attached hydrogens (tertiary/aromatic N) is 1. The van der Waals surface area contributed by atoms with Crippen molar-refractivity contribution in [3.8, 4) is 11.5 Å². The standard InChI is InChI=1S/C41H37NO5/c43-40-37-13-7-8-14-38(37)41(44)42(40)23-24-45-25-26-46-33-18-15-31(16-19-33)39-35(30-11-5-2-6-12-30)21-17-32-27-34(20-22-36(32)39)47-28-29-9-3-1-4-10-29/h1-16,18-20,22,27,35,39H,17,21,23-26,28H2/t35-,39+/m1/s1. The zero-order chi connectivity index (χ0) is 32.0. The van der Waals surface area contributed by atoms with Crippen LogP contribution in [0.4, 0.5) is 0 Å². The molecular formula is C41H37NO5. The van der Waals surface area contributed by atoms with E-state index in [2.05, 4.69) is 72.8 Å². The van der Waals surface area contributed by atoms with Crippen LogP contribution in [0.25, 0.3) is 0 Å². The topological polar surface area (TPSA) is 65.1 Å². The molecule has 47 heavy (non-hydrogen) atoms. The molecule has 1 aliphatic carbocycles. The third-order valence-corrected chi connectivity index (χ3v) is 9.13. The van der Waals surface area contributed by atoms with Crippen molar-refractivity contribution in [2.45, 2.75) is 31.3 Å². The summed E-state index contributed by atoms with van der Waals surface area (Å²) < 4.78 is 17.9. The summed E-state index contributed by atoms with van der Waals surface area (Å²) in [4.78, 5) is 26.3. The van der Waals surface area contributed by atoms with E-state index < -0.39 is 0 Å². The smallest absolute Gasteiger partial charge is 0.261 e. The monoisotopic (exact) mass is 623 g/mol. The number of carbonyl (C=O) groups excluding carboxylic acids is 2. The maximum absolute atomic E-state index is 12.5. The minimum Gasteiger partial charge on any atom is -0.491 e. The van der Waals surface area contributed by atoms with E-state index in [-0.39, 0.29) is 30.9 Å². The lowest BCUT2D eigenvalue weighted by molar-refractivity contribution is 0.0528. The third-order valence-electron chi connectivity index (χ3n) is 9.13. The molecule has 2 amide bonds. The van der Waals surface area contributed by atoms with Crippen LogP contribution in [0.3, 0.4) is 0 Å². The number of carbonyl (C=O) groups is 2. The predicted molar refractivity (Wildman–Crippen MR) is 181 cm³/mol. The molecule has 0 spiro atoms. The maximum atomic E-state index is 12.5. The van der Waals surface area contributed by atoms with E-state index in [0.717, 1.165) is 29.9 Å². The number of hydrogen-bond acceptors (Lipinski definition) is 5. The summed E-state index contributed by atoms with van der Waals surface area (Å²) in [6, 6.07) is 43.0. The summed E-state index contributed by atoms with van der Waals surface area (Å²) in [6.45, 7) is 1.74. The Morgan fingerprint density at radius 2 is 1.28 bits per heavy atom. The zero-order valence-corrected chi connectivity index (χ0v) is 26.2. The molecule has 0 radical (unpaired) electrons. The van der Waals surface area contributed by atoms with Gasteiger partial charge >= 0.3 is 0 Å². The van der Waals surface area contributed by atoms with Crippen molar-refractivity contribution in [3.05, 3.63) is 166 Å². The highest BCUT2D eigenvalue weighted by Gasteiger charge is 2.35. The normalized spacial score (nSPS) is 16.9. The van der Waals surface area contributed by atoms with Gasteiger partial charge in [-0.25, -0.2) is 0 Å². The van der Waals surface area contributed by atoms with Crippen molar-refractivity contribution < 1.29 is 23.8 Å². The Bertz CT molecular complexity index is 1800. The largest absolute Gasteiger partial charge is 0.491 e. The van der Waals surface area contributed by atoms with Crippen molar-refractivity contribution in [1.29, 1.82) is 0 Å².